The molecule has 0 bridgehead atoms. The number of carboxylic acid groups (broad SMARTS) is 1. The van der Waals surface area contributed by atoms with Crippen LogP contribution >= 0.6 is 11.3 Å². The van der Waals surface area contributed by atoms with Crippen LogP contribution in [-0.4, -0.2) is 30.7 Å². The number of carbonyl (C=O) groups is 1. The van der Waals surface area contributed by atoms with Crippen molar-refractivity contribution in [3.8, 4) is 21.7 Å². The van der Waals surface area contributed by atoms with Crippen molar-refractivity contribution in [2.45, 2.75) is 30.6 Å². The van der Waals surface area contributed by atoms with E-state index in [0.717, 1.165) is 6.26 Å². The monoisotopic (exact) mass is 433 g/mol. The van der Waals surface area contributed by atoms with E-state index in [4.69, 9.17) is 0 Å². The highest BCUT2D eigenvalue weighted by Gasteiger charge is 2.27. The van der Waals surface area contributed by atoms with E-state index in [-0.39, 0.29) is 4.90 Å². The summed E-state index contributed by atoms with van der Waals surface area (Å²) in [5.41, 5.74) is 1.44. The van der Waals surface area contributed by atoms with Crippen molar-refractivity contribution in [1.82, 2.24) is 4.98 Å². The van der Waals surface area contributed by atoms with Crippen LogP contribution in [0.3, 0.4) is 0 Å². The number of sulfone groups is 1. The molecule has 0 amide bonds. The molecule has 0 aliphatic heterocycles. The molecule has 3 aromatic rings. The molecular weight excluding hydrogens is 413 g/mol. The van der Waals surface area contributed by atoms with Gasteiger partial charge in [-0.2, -0.15) is 0 Å². The lowest BCUT2D eigenvalue weighted by Gasteiger charge is -2.08. The van der Waals surface area contributed by atoms with Gasteiger partial charge in [-0.1, -0.05) is 43.7 Å². The van der Waals surface area contributed by atoms with E-state index < -0.39 is 27.5 Å². The van der Waals surface area contributed by atoms with E-state index in [1.54, 1.807) is 30.3 Å². The molecule has 2 aromatic carbocycles. The summed E-state index contributed by atoms with van der Waals surface area (Å²) in [6, 6.07) is 12.3. The lowest BCUT2D eigenvalue weighted by molar-refractivity contribution is -0.139. The van der Waals surface area contributed by atoms with Gasteiger partial charge in [0.15, 0.2) is 9.84 Å². The van der Waals surface area contributed by atoms with Gasteiger partial charge in [-0.25, -0.2) is 17.8 Å². The minimum atomic E-state index is -3.54. The summed E-state index contributed by atoms with van der Waals surface area (Å²) in [6.07, 6.45) is 2.20. The minimum Gasteiger partial charge on any atom is -0.481 e. The first-order valence-electron chi connectivity index (χ1n) is 9.01. The molecule has 0 fully saturated rings. The highest BCUT2D eigenvalue weighted by atomic mass is 32.2. The van der Waals surface area contributed by atoms with Crippen molar-refractivity contribution >= 4 is 27.1 Å². The predicted octanol–water partition coefficient (Wildman–Crippen LogP) is 4.99. The van der Waals surface area contributed by atoms with Crippen molar-refractivity contribution in [1.29, 1.82) is 0 Å². The summed E-state index contributed by atoms with van der Waals surface area (Å²) in [5.74, 6) is -2.16. The largest absolute Gasteiger partial charge is 0.481 e. The number of hydrogen-bond donors (Lipinski definition) is 1. The maximum atomic E-state index is 13.4. The molecule has 0 saturated heterocycles. The summed E-state index contributed by atoms with van der Waals surface area (Å²) in [5, 5.41) is 10.0. The van der Waals surface area contributed by atoms with Crippen LogP contribution in [-0.2, 0) is 14.6 Å². The van der Waals surface area contributed by atoms with Gasteiger partial charge in [0.05, 0.1) is 15.5 Å². The lowest BCUT2D eigenvalue weighted by Crippen LogP contribution is -2.11. The molecule has 152 valence electrons. The highest BCUT2D eigenvalue weighted by molar-refractivity contribution is 7.90. The number of aromatic nitrogens is 1. The first kappa shape index (κ1) is 21.1. The smallest absolute Gasteiger partial charge is 0.313 e. The van der Waals surface area contributed by atoms with Crippen molar-refractivity contribution < 1.29 is 22.7 Å². The average molecular weight is 434 g/mol. The molecule has 0 aliphatic carbocycles. The van der Waals surface area contributed by atoms with E-state index >= 15 is 0 Å². The van der Waals surface area contributed by atoms with Crippen LogP contribution in [0.4, 0.5) is 4.39 Å². The van der Waals surface area contributed by atoms with Crippen molar-refractivity contribution in [2.24, 2.45) is 0 Å². The van der Waals surface area contributed by atoms with E-state index in [2.05, 4.69) is 4.98 Å². The number of benzene rings is 2. The topological polar surface area (TPSA) is 84.3 Å². The SMILES string of the molecule is CCCC(C(=O)O)c1nc(-c2ccccc2S(C)(=O)=O)c(-c2ccc(F)cc2)s1. The maximum Gasteiger partial charge on any atom is 0.313 e. The number of thiazole rings is 1. The van der Waals surface area contributed by atoms with E-state index in [0.29, 0.717) is 39.5 Å². The Balaban J connectivity index is 2.28. The Morgan fingerprint density at radius 1 is 1.17 bits per heavy atom. The molecule has 29 heavy (non-hydrogen) atoms. The average Bonchev–Trinajstić information content (AvgIpc) is 3.10. The Morgan fingerprint density at radius 3 is 2.41 bits per heavy atom. The molecule has 1 aromatic heterocycles. The lowest BCUT2D eigenvalue weighted by atomic mass is 10.0. The molecule has 0 radical (unpaired) electrons. The second kappa shape index (κ2) is 8.42. The Hall–Kier alpha value is -2.58. The van der Waals surface area contributed by atoms with Crippen LogP contribution in [0.5, 0.6) is 0 Å². The van der Waals surface area contributed by atoms with Gasteiger partial charge >= 0.3 is 5.97 Å². The molecule has 0 spiro atoms. The predicted molar refractivity (Wildman–Crippen MR) is 111 cm³/mol. The first-order valence-corrected chi connectivity index (χ1v) is 11.7. The van der Waals surface area contributed by atoms with Crippen LogP contribution in [0.2, 0.25) is 0 Å². The molecule has 8 heteroatoms. The van der Waals surface area contributed by atoms with Crippen molar-refractivity contribution in [2.75, 3.05) is 6.26 Å². The fourth-order valence-electron chi connectivity index (χ4n) is 3.09. The first-order chi connectivity index (χ1) is 13.7. The van der Waals surface area contributed by atoms with Gasteiger partial charge in [0.2, 0.25) is 0 Å². The summed E-state index contributed by atoms with van der Waals surface area (Å²) in [6.45, 7) is 1.89. The summed E-state index contributed by atoms with van der Waals surface area (Å²) in [4.78, 5) is 17.1. The van der Waals surface area contributed by atoms with Crippen LogP contribution in [0.15, 0.2) is 53.4 Å². The second-order valence-corrected chi connectivity index (χ2v) is 9.70. The zero-order valence-corrected chi connectivity index (χ0v) is 17.6. The zero-order valence-electron chi connectivity index (χ0n) is 15.9. The fourth-order valence-corrected chi connectivity index (χ4v) is 5.20. The molecule has 1 unspecified atom stereocenters. The molecular formula is C21H20FNO4S2. The molecule has 1 N–H and O–H groups in total. The van der Waals surface area contributed by atoms with Gasteiger partial charge < -0.3 is 5.11 Å². The highest BCUT2D eigenvalue weighted by Crippen LogP contribution is 2.42. The molecule has 0 saturated carbocycles. The van der Waals surface area contributed by atoms with Gasteiger partial charge in [0.25, 0.3) is 0 Å². The number of hydrogen-bond acceptors (Lipinski definition) is 5. The van der Waals surface area contributed by atoms with Gasteiger partial charge in [-0.15, -0.1) is 11.3 Å². The van der Waals surface area contributed by atoms with Crippen LogP contribution < -0.4 is 0 Å². The number of nitrogens with zero attached hydrogens (tertiary/aromatic N) is 1. The number of halogens is 1. The van der Waals surface area contributed by atoms with Gasteiger partial charge in [-0.3, -0.25) is 4.79 Å². The van der Waals surface area contributed by atoms with E-state index in [1.165, 1.54) is 29.5 Å². The fraction of sp³-hybridized carbons (Fsp3) is 0.238. The Kier molecular flexibility index (Phi) is 6.14. The van der Waals surface area contributed by atoms with E-state index in [9.17, 15) is 22.7 Å². The second-order valence-electron chi connectivity index (χ2n) is 6.68. The van der Waals surface area contributed by atoms with Crippen molar-refractivity contribution in [3.05, 3.63) is 59.4 Å². The minimum absolute atomic E-state index is 0.113. The molecule has 0 aliphatic rings. The van der Waals surface area contributed by atoms with Crippen molar-refractivity contribution in [3.63, 3.8) is 0 Å². The van der Waals surface area contributed by atoms with Gasteiger partial charge in [0.1, 0.15) is 16.7 Å². The van der Waals surface area contributed by atoms with E-state index in [1.807, 2.05) is 6.92 Å². The zero-order chi connectivity index (χ0) is 21.2. The standard InChI is InChI=1S/C21H20FNO4S2/c1-3-6-16(21(24)25)20-23-18(15-7-4-5-8-17(15)29(2,26)27)19(28-20)13-9-11-14(22)12-10-13/h4-5,7-12,16H,3,6H2,1-2H3,(H,24,25). The Bertz CT molecular complexity index is 1140. The molecule has 1 atom stereocenters. The Morgan fingerprint density at radius 2 is 1.83 bits per heavy atom. The summed E-state index contributed by atoms with van der Waals surface area (Å²) in [7, 11) is -3.54. The van der Waals surface area contributed by atoms with Gasteiger partial charge in [-0.05, 0) is 30.2 Å². The maximum absolute atomic E-state index is 13.4. The molecule has 5 nitrogen and oxygen atoms in total. The van der Waals surface area contributed by atoms with Crippen LogP contribution in [0, 0.1) is 5.82 Å². The number of carboxylic acids is 1. The third-order valence-corrected chi connectivity index (χ3v) is 6.84. The summed E-state index contributed by atoms with van der Waals surface area (Å²) >= 11 is 1.20. The normalized spacial score (nSPS) is 12.7. The third kappa shape index (κ3) is 4.54. The third-order valence-electron chi connectivity index (χ3n) is 4.47. The number of aliphatic carboxylic acids is 1. The number of rotatable bonds is 7. The van der Waals surface area contributed by atoms with Gasteiger partial charge in [0, 0.05) is 11.8 Å². The van der Waals surface area contributed by atoms with Crippen LogP contribution in [0.1, 0.15) is 30.7 Å². The molecule has 3 rings (SSSR count). The van der Waals surface area contributed by atoms with Crippen LogP contribution in [0.25, 0.3) is 21.7 Å². The summed E-state index contributed by atoms with van der Waals surface area (Å²) < 4.78 is 38.0. The molecule has 1 heterocycles. The Labute approximate surface area is 172 Å². The quantitative estimate of drug-likeness (QED) is 0.568.